The highest BCUT2D eigenvalue weighted by atomic mass is 19.3. The smallest absolute Gasteiger partial charge is 0.274 e. The van der Waals surface area contributed by atoms with Gasteiger partial charge in [-0.3, -0.25) is 0 Å². The highest BCUT2D eigenvalue weighted by molar-refractivity contribution is 5.41. The lowest BCUT2D eigenvalue weighted by molar-refractivity contribution is 0.0149. The molecule has 2 nitrogen and oxygen atoms in total. The summed E-state index contributed by atoms with van der Waals surface area (Å²) in [6.07, 6.45) is 2.00. The molecule has 0 atom stereocenters. The van der Waals surface area contributed by atoms with Crippen LogP contribution in [-0.4, -0.2) is 20.2 Å². The number of nitrogens with one attached hydrogen (secondary N) is 1. The number of methoxy groups -OCH3 is 1. The highest BCUT2D eigenvalue weighted by Gasteiger charge is 2.29. The van der Waals surface area contributed by atoms with Crippen LogP contribution in [0.3, 0.4) is 0 Å². The maximum Gasteiger partial charge on any atom is 0.274 e. The summed E-state index contributed by atoms with van der Waals surface area (Å²) in [4.78, 5) is 0. The fourth-order valence-corrected chi connectivity index (χ4v) is 2.48. The SMILES string of the molecule is COc1ccc(C2CCNCC2)cc1C(C)(F)F. The van der Waals surface area contributed by atoms with E-state index in [1.807, 2.05) is 6.07 Å². The Morgan fingerprint density at radius 3 is 2.50 bits per heavy atom. The average molecular weight is 255 g/mol. The molecule has 1 saturated heterocycles. The van der Waals surface area contributed by atoms with Crippen molar-refractivity contribution in [1.82, 2.24) is 5.32 Å². The van der Waals surface area contributed by atoms with E-state index in [-0.39, 0.29) is 11.3 Å². The molecular formula is C14H19F2NO. The van der Waals surface area contributed by atoms with Gasteiger partial charge in [-0.25, -0.2) is 8.78 Å². The molecule has 1 heterocycles. The van der Waals surface area contributed by atoms with Gasteiger partial charge in [0.2, 0.25) is 0 Å². The molecule has 1 aliphatic heterocycles. The minimum Gasteiger partial charge on any atom is -0.496 e. The van der Waals surface area contributed by atoms with E-state index in [9.17, 15) is 8.78 Å². The molecule has 1 aromatic rings. The van der Waals surface area contributed by atoms with Gasteiger partial charge >= 0.3 is 0 Å². The van der Waals surface area contributed by atoms with Crippen molar-refractivity contribution in [1.29, 1.82) is 0 Å². The molecule has 0 saturated carbocycles. The zero-order valence-electron chi connectivity index (χ0n) is 10.8. The second kappa shape index (κ2) is 5.22. The molecule has 0 aromatic heterocycles. The summed E-state index contributed by atoms with van der Waals surface area (Å²) in [5.41, 5.74) is 0.981. The molecule has 18 heavy (non-hydrogen) atoms. The molecule has 0 spiro atoms. The predicted octanol–water partition coefficient (Wildman–Crippen LogP) is 3.27. The molecule has 0 amide bonds. The third-order valence-corrected chi connectivity index (χ3v) is 3.51. The second-order valence-electron chi connectivity index (χ2n) is 4.87. The van der Waals surface area contributed by atoms with Crippen LogP contribution in [0.5, 0.6) is 5.75 Å². The van der Waals surface area contributed by atoms with Gasteiger partial charge in [0.05, 0.1) is 12.7 Å². The van der Waals surface area contributed by atoms with Crippen LogP contribution in [0.2, 0.25) is 0 Å². The summed E-state index contributed by atoms with van der Waals surface area (Å²) in [5, 5.41) is 3.28. The number of hydrogen-bond donors (Lipinski definition) is 1. The Bertz CT molecular complexity index is 409. The molecule has 1 aromatic carbocycles. The van der Waals surface area contributed by atoms with E-state index in [2.05, 4.69) is 5.32 Å². The van der Waals surface area contributed by atoms with Gasteiger partial charge in [-0.1, -0.05) is 6.07 Å². The first kappa shape index (κ1) is 13.3. The molecule has 0 aliphatic carbocycles. The normalized spacial score (nSPS) is 17.8. The maximum atomic E-state index is 13.6. The lowest BCUT2D eigenvalue weighted by Gasteiger charge is -2.24. The summed E-state index contributed by atoms with van der Waals surface area (Å²) < 4.78 is 32.1. The zero-order valence-corrected chi connectivity index (χ0v) is 10.8. The van der Waals surface area contributed by atoms with Gasteiger partial charge in [-0.15, -0.1) is 0 Å². The number of piperidine rings is 1. The van der Waals surface area contributed by atoms with Gasteiger partial charge in [0.25, 0.3) is 5.92 Å². The Morgan fingerprint density at radius 2 is 1.94 bits per heavy atom. The minimum absolute atomic E-state index is 0.0129. The third-order valence-electron chi connectivity index (χ3n) is 3.51. The summed E-state index contributed by atoms with van der Waals surface area (Å²) in [5.74, 6) is -2.23. The number of rotatable bonds is 3. The quantitative estimate of drug-likeness (QED) is 0.895. The molecule has 0 bridgehead atoms. The third kappa shape index (κ3) is 2.80. The Hall–Kier alpha value is -1.16. The topological polar surface area (TPSA) is 21.3 Å². The fourth-order valence-electron chi connectivity index (χ4n) is 2.48. The van der Waals surface area contributed by atoms with Crippen LogP contribution in [0.15, 0.2) is 18.2 Å². The van der Waals surface area contributed by atoms with E-state index in [4.69, 9.17) is 4.74 Å². The first-order chi connectivity index (χ1) is 8.52. The monoisotopic (exact) mass is 255 g/mol. The van der Waals surface area contributed by atoms with E-state index < -0.39 is 5.92 Å². The van der Waals surface area contributed by atoms with E-state index in [0.717, 1.165) is 38.4 Å². The molecular weight excluding hydrogens is 236 g/mol. The van der Waals surface area contributed by atoms with Crippen LogP contribution in [-0.2, 0) is 5.92 Å². The molecule has 0 unspecified atom stereocenters. The van der Waals surface area contributed by atoms with E-state index >= 15 is 0 Å². The molecule has 2 rings (SSSR count). The Labute approximate surface area is 106 Å². The van der Waals surface area contributed by atoms with Crippen molar-refractivity contribution in [3.8, 4) is 5.75 Å². The summed E-state index contributed by atoms with van der Waals surface area (Å²) in [7, 11) is 1.43. The van der Waals surface area contributed by atoms with Crippen LogP contribution in [0.25, 0.3) is 0 Å². The van der Waals surface area contributed by atoms with Crippen molar-refractivity contribution in [2.75, 3.05) is 20.2 Å². The first-order valence-electron chi connectivity index (χ1n) is 6.29. The van der Waals surface area contributed by atoms with E-state index in [0.29, 0.717) is 5.92 Å². The summed E-state index contributed by atoms with van der Waals surface area (Å²) in [6.45, 7) is 2.82. The van der Waals surface area contributed by atoms with E-state index in [1.54, 1.807) is 12.1 Å². The van der Waals surface area contributed by atoms with Crippen LogP contribution < -0.4 is 10.1 Å². The number of benzene rings is 1. The Balaban J connectivity index is 2.33. The van der Waals surface area contributed by atoms with Gasteiger partial charge < -0.3 is 10.1 Å². The van der Waals surface area contributed by atoms with Gasteiger partial charge in [0, 0.05) is 6.92 Å². The van der Waals surface area contributed by atoms with Gasteiger partial charge in [0.15, 0.2) is 0 Å². The zero-order chi connectivity index (χ0) is 13.2. The largest absolute Gasteiger partial charge is 0.496 e. The van der Waals surface area contributed by atoms with Gasteiger partial charge in [0.1, 0.15) is 5.75 Å². The van der Waals surface area contributed by atoms with Crippen LogP contribution in [0, 0.1) is 0 Å². The van der Waals surface area contributed by atoms with Crippen molar-refractivity contribution >= 4 is 0 Å². The number of alkyl halides is 2. The molecule has 1 fully saturated rings. The summed E-state index contributed by atoms with van der Waals surface area (Å²) >= 11 is 0. The first-order valence-corrected chi connectivity index (χ1v) is 6.29. The average Bonchev–Trinajstić information content (AvgIpc) is 2.38. The standard InChI is InChI=1S/C14H19F2NO/c1-14(15,16)12-9-11(3-4-13(12)18-2)10-5-7-17-8-6-10/h3-4,9-10,17H,5-8H2,1-2H3. The second-order valence-corrected chi connectivity index (χ2v) is 4.87. The number of ether oxygens (including phenoxy) is 1. The van der Waals surface area contributed by atoms with Crippen molar-refractivity contribution in [3.05, 3.63) is 29.3 Å². The van der Waals surface area contributed by atoms with Crippen molar-refractivity contribution in [3.63, 3.8) is 0 Å². The van der Waals surface area contributed by atoms with Gasteiger partial charge in [-0.05, 0) is 49.5 Å². The Morgan fingerprint density at radius 1 is 1.28 bits per heavy atom. The van der Waals surface area contributed by atoms with Gasteiger partial charge in [-0.2, -0.15) is 0 Å². The van der Waals surface area contributed by atoms with E-state index in [1.165, 1.54) is 7.11 Å². The fraction of sp³-hybridized carbons (Fsp3) is 0.571. The lowest BCUT2D eigenvalue weighted by atomic mass is 9.88. The molecule has 4 heteroatoms. The van der Waals surface area contributed by atoms with Crippen LogP contribution >= 0.6 is 0 Å². The maximum absolute atomic E-state index is 13.6. The van der Waals surface area contributed by atoms with Crippen LogP contribution in [0.1, 0.15) is 36.8 Å². The lowest BCUT2D eigenvalue weighted by Crippen LogP contribution is -2.26. The number of halogens is 2. The van der Waals surface area contributed by atoms with Crippen molar-refractivity contribution < 1.29 is 13.5 Å². The summed E-state index contributed by atoms with van der Waals surface area (Å²) in [6, 6.07) is 5.17. The van der Waals surface area contributed by atoms with Crippen molar-refractivity contribution in [2.45, 2.75) is 31.6 Å². The minimum atomic E-state index is -2.87. The molecule has 1 aliphatic rings. The van der Waals surface area contributed by atoms with Crippen LogP contribution in [0.4, 0.5) is 8.78 Å². The predicted molar refractivity (Wildman–Crippen MR) is 67.4 cm³/mol. The Kier molecular flexibility index (Phi) is 3.85. The molecule has 100 valence electrons. The van der Waals surface area contributed by atoms with Crippen molar-refractivity contribution in [2.24, 2.45) is 0 Å². The highest BCUT2D eigenvalue weighted by Crippen LogP contribution is 2.37. The number of hydrogen-bond acceptors (Lipinski definition) is 2. The molecule has 0 radical (unpaired) electrons. The molecule has 1 N–H and O–H groups in total.